The van der Waals surface area contributed by atoms with E-state index in [1.807, 2.05) is 0 Å². The average Bonchev–Trinajstić information content (AvgIpc) is 3.42. The predicted molar refractivity (Wildman–Crippen MR) is 94.5 cm³/mol. The summed E-state index contributed by atoms with van der Waals surface area (Å²) in [6.45, 7) is 1.51. The Morgan fingerprint density at radius 2 is 2.12 bits per heavy atom. The molecule has 1 heterocycles. The van der Waals surface area contributed by atoms with Crippen LogP contribution >= 0.6 is 11.8 Å². The highest BCUT2D eigenvalue weighted by Crippen LogP contribution is 2.25. The molecule has 1 aromatic heterocycles. The van der Waals surface area contributed by atoms with E-state index in [4.69, 9.17) is 0 Å². The third kappa shape index (κ3) is 4.01. The summed E-state index contributed by atoms with van der Waals surface area (Å²) in [5.41, 5.74) is 0.208. The van der Waals surface area contributed by atoms with E-state index >= 15 is 0 Å². The van der Waals surface area contributed by atoms with Gasteiger partial charge in [-0.15, -0.1) is 0 Å². The van der Waals surface area contributed by atoms with Crippen molar-refractivity contribution in [1.29, 1.82) is 0 Å². The lowest BCUT2D eigenvalue weighted by Crippen LogP contribution is -2.34. The van der Waals surface area contributed by atoms with Crippen molar-refractivity contribution in [2.75, 3.05) is 7.11 Å². The smallest absolute Gasteiger partial charge is 0.325 e. The molecule has 1 fully saturated rings. The van der Waals surface area contributed by atoms with E-state index in [-0.39, 0.29) is 24.1 Å². The fraction of sp³-hybridized carbons (Fsp3) is 0.412. The van der Waals surface area contributed by atoms with Crippen molar-refractivity contribution in [1.82, 2.24) is 14.9 Å². The van der Waals surface area contributed by atoms with Crippen LogP contribution in [0, 0.1) is 0 Å². The third-order valence-electron chi connectivity index (χ3n) is 3.92. The van der Waals surface area contributed by atoms with Crippen LogP contribution in [0.3, 0.4) is 0 Å². The number of nitrogens with one attached hydrogen (secondary N) is 1. The number of benzene rings is 1. The molecule has 7 nitrogen and oxygen atoms in total. The summed E-state index contributed by atoms with van der Waals surface area (Å²) in [5, 5.41) is 3.25. The molecule has 0 spiro atoms. The number of carbonyl (C=O) groups excluding carboxylic acids is 2. The third-order valence-corrected chi connectivity index (χ3v) is 5.01. The van der Waals surface area contributed by atoms with Gasteiger partial charge in [0.15, 0.2) is 5.16 Å². The number of para-hydroxylation sites is 1. The standard InChI is InChI=1S/C17H19N3O4S/c1-10(15(22)18-11-7-8-11)25-17-19-13-6-4-3-5-12(13)16(23)20(17)9-14(21)24-2/h3-6,10-11H,7-9H2,1-2H3,(H,18,22)/t10-/m0/s1. The van der Waals surface area contributed by atoms with Gasteiger partial charge in [0.05, 0.1) is 23.3 Å². The number of rotatable bonds is 6. The molecular weight excluding hydrogens is 342 g/mol. The molecule has 3 rings (SSSR count). The van der Waals surface area contributed by atoms with Gasteiger partial charge in [-0.3, -0.25) is 19.0 Å². The largest absolute Gasteiger partial charge is 0.468 e. The second kappa shape index (κ2) is 7.26. The van der Waals surface area contributed by atoms with Crippen LogP contribution in [0.5, 0.6) is 0 Å². The van der Waals surface area contributed by atoms with Gasteiger partial charge in [0.1, 0.15) is 6.54 Å². The Labute approximate surface area is 148 Å². The molecule has 1 aliphatic carbocycles. The lowest BCUT2D eigenvalue weighted by Gasteiger charge is -2.15. The molecule has 8 heteroatoms. The summed E-state index contributed by atoms with van der Waals surface area (Å²) < 4.78 is 5.94. The van der Waals surface area contributed by atoms with Gasteiger partial charge in [0.25, 0.3) is 5.56 Å². The monoisotopic (exact) mass is 361 g/mol. The highest BCUT2D eigenvalue weighted by atomic mass is 32.2. The molecule has 0 unspecified atom stereocenters. The first kappa shape index (κ1) is 17.5. The number of fused-ring (bicyclic) bond motifs is 1. The van der Waals surface area contributed by atoms with Crippen molar-refractivity contribution < 1.29 is 14.3 Å². The van der Waals surface area contributed by atoms with E-state index in [1.54, 1.807) is 31.2 Å². The molecule has 132 valence electrons. The van der Waals surface area contributed by atoms with Crippen molar-refractivity contribution in [2.24, 2.45) is 0 Å². The van der Waals surface area contributed by atoms with Crippen LogP contribution in [-0.2, 0) is 20.9 Å². The molecule has 0 bridgehead atoms. The predicted octanol–water partition coefficient (Wildman–Crippen LogP) is 1.33. The zero-order valence-corrected chi connectivity index (χ0v) is 14.8. The molecule has 25 heavy (non-hydrogen) atoms. The molecule has 0 saturated heterocycles. The molecule has 0 aliphatic heterocycles. The van der Waals surface area contributed by atoms with Crippen molar-refractivity contribution in [3.05, 3.63) is 34.6 Å². The van der Waals surface area contributed by atoms with Gasteiger partial charge in [0.2, 0.25) is 5.91 Å². The Morgan fingerprint density at radius 1 is 1.40 bits per heavy atom. The molecule has 2 aromatic rings. The molecule has 1 aliphatic rings. The van der Waals surface area contributed by atoms with Crippen LogP contribution in [0.2, 0.25) is 0 Å². The number of hydrogen-bond acceptors (Lipinski definition) is 6. The van der Waals surface area contributed by atoms with Gasteiger partial charge < -0.3 is 10.1 Å². The minimum atomic E-state index is -0.545. The van der Waals surface area contributed by atoms with Gasteiger partial charge >= 0.3 is 5.97 Å². The maximum absolute atomic E-state index is 12.7. The number of aromatic nitrogens is 2. The number of amides is 1. The SMILES string of the molecule is COC(=O)Cn1c(S[C@@H](C)C(=O)NC2CC2)nc2ccccc2c1=O. The first-order chi connectivity index (χ1) is 12.0. The number of thioether (sulfide) groups is 1. The number of methoxy groups -OCH3 is 1. The van der Waals surface area contributed by atoms with Crippen LogP contribution < -0.4 is 10.9 Å². The quantitative estimate of drug-likeness (QED) is 0.474. The van der Waals surface area contributed by atoms with E-state index in [0.29, 0.717) is 16.1 Å². The van der Waals surface area contributed by atoms with E-state index in [1.165, 1.54) is 11.7 Å². The van der Waals surface area contributed by atoms with E-state index in [9.17, 15) is 14.4 Å². The summed E-state index contributed by atoms with van der Waals surface area (Å²) in [4.78, 5) is 41.1. The maximum Gasteiger partial charge on any atom is 0.325 e. The Balaban J connectivity index is 1.95. The molecule has 1 atom stereocenters. The minimum absolute atomic E-state index is 0.0977. The number of ether oxygens (including phenoxy) is 1. The van der Waals surface area contributed by atoms with Gasteiger partial charge in [-0.2, -0.15) is 0 Å². The van der Waals surface area contributed by atoms with E-state index in [0.717, 1.165) is 24.6 Å². The van der Waals surface area contributed by atoms with Crippen molar-refractivity contribution >= 4 is 34.5 Å². The number of hydrogen-bond donors (Lipinski definition) is 1. The van der Waals surface area contributed by atoms with Gasteiger partial charge in [-0.1, -0.05) is 23.9 Å². The summed E-state index contributed by atoms with van der Waals surface area (Å²) in [5.74, 6) is -0.643. The normalized spacial score (nSPS) is 15.0. The lowest BCUT2D eigenvalue weighted by atomic mass is 10.2. The fourth-order valence-electron chi connectivity index (χ4n) is 2.33. The number of nitrogens with zero attached hydrogens (tertiary/aromatic N) is 2. The van der Waals surface area contributed by atoms with Crippen LogP contribution in [0.15, 0.2) is 34.2 Å². The first-order valence-electron chi connectivity index (χ1n) is 8.03. The second-order valence-electron chi connectivity index (χ2n) is 5.92. The topological polar surface area (TPSA) is 90.3 Å². The summed E-state index contributed by atoms with van der Waals surface area (Å²) >= 11 is 1.16. The molecule has 1 amide bonds. The maximum atomic E-state index is 12.7. The summed E-state index contributed by atoms with van der Waals surface area (Å²) in [6, 6.07) is 7.19. The molecule has 0 radical (unpaired) electrons. The van der Waals surface area contributed by atoms with Crippen LogP contribution in [-0.4, -0.2) is 39.8 Å². The Kier molecular flexibility index (Phi) is 5.08. The van der Waals surface area contributed by atoms with Crippen LogP contribution in [0.25, 0.3) is 10.9 Å². The lowest BCUT2D eigenvalue weighted by molar-refractivity contribution is -0.141. The highest BCUT2D eigenvalue weighted by Gasteiger charge is 2.27. The highest BCUT2D eigenvalue weighted by molar-refractivity contribution is 8.00. The van der Waals surface area contributed by atoms with Crippen LogP contribution in [0.4, 0.5) is 0 Å². The molecule has 1 N–H and O–H groups in total. The molecule has 1 aromatic carbocycles. The zero-order valence-electron chi connectivity index (χ0n) is 14.0. The molecule has 1 saturated carbocycles. The minimum Gasteiger partial charge on any atom is -0.468 e. The summed E-state index contributed by atoms with van der Waals surface area (Å²) in [6.07, 6.45) is 2.01. The second-order valence-corrected chi connectivity index (χ2v) is 7.23. The van der Waals surface area contributed by atoms with Gasteiger partial charge in [0, 0.05) is 6.04 Å². The van der Waals surface area contributed by atoms with Crippen molar-refractivity contribution in [3.8, 4) is 0 Å². The first-order valence-corrected chi connectivity index (χ1v) is 8.91. The number of esters is 1. The van der Waals surface area contributed by atoms with E-state index in [2.05, 4.69) is 15.0 Å². The van der Waals surface area contributed by atoms with E-state index < -0.39 is 11.2 Å². The van der Waals surface area contributed by atoms with Crippen LogP contribution in [0.1, 0.15) is 19.8 Å². The Bertz CT molecular complexity index is 876. The summed E-state index contributed by atoms with van der Waals surface area (Å²) in [7, 11) is 1.26. The Hall–Kier alpha value is -2.35. The van der Waals surface area contributed by atoms with Gasteiger partial charge in [-0.05, 0) is 31.9 Å². The van der Waals surface area contributed by atoms with Crippen molar-refractivity contribution in [3.63, 3.8) is 0 Å². The molecular formula is C17H19N3O4S. The average molecular weight is 361 g/mol. The number of carbonyl (C=O) groups is 2. The van der Waals surface area contributed by atoms with Gasteiger partial charge in [-0.25, -0.2) is 4.98 Å². The Morgan fingerprint density at radius 3 is 2.80 bits per heavy atom. The zero-order chi connectivity index (χ0) is 18.0. The van der Waals surface area contributed by atoms with Crippen molar-refractivity contribution in [2.45, 2.75) is 42.8 Å². The fourth-order valence-corrected chi connectivity index (χ4v) is 3.25.